The van der Waals surface area contributed by atoms with Gasteiger partial charge in [0.05, 0.1) is 18.1 Å². The highest BCUT2D eigenvalue weighted by molar-refractivity contribution is 7.87. The summed E-state index contributed by atoms with van der Waals surface area (Å²) in [6.45, 7) is -0.340. The molecule has 4 bridgehead atoms. The number of nitrogens with zero attached hydrogens (tertiary/aromatic N) is 1. The van der Waals surface area contributed by atoms with E-state index in [9.17, 15) is 27.3 Å². The third-order valence-electron chi connectivity index (χ3n) is 5.49. The summed E-state index contributed by atoms with van der Waals surface area (Å²) in [5, 5.41) is 4.50. The van der Waals surface area contributed by atoms with Crippen molar-refractivity contribution in [1.29, 1.82) is 5.26 Å². The summed E-state index contributed by atoms with van der Waals surface area (Å²) in [5.74, 6) is -1.63. The quantitative estimate of drug-likeness (QED) is 0.616. The molecule has 4 saturated carbocycles. The molecule has 0 spiro atoms. The molecular formula is C14H17F2NO5S. The molecule has 0 aliphatic heterocycles. The van der Waals surface area contributed by atoms with E-state index in [2.05, 4.69) is 10.8 Å². The summed E-state index contributed by atoms with van der Waals surface area (Å²) >= 11 is 0. The molecule has 23 heavy (non-hydrogen) atoms. The first kappa shape index (κ1) is 16.6. The monoisotopic (exact) mass is 349 g/mol. The van der Waals surface area contributed by atoms with Crippen LogP contribution in [0.2, 0.25) is 0 Å². The molecule has 9 heteroatoms. The molecule has 4 rings (SSSR count). The number of esters is 1. The number of hydrogen-bond acceptors (Lipinski definition) is 5. The Kier molecular flexibility index (Phi) is 3.51. The second-order valence-corrected chi connectivity index (χ2v) is 8.88. The van der Waals surface area contributed by atoms with Crippen molar-refractivity contribution in [1.82, 2.24) is 0 Å². The van der Waals surface area contributed by atoms with Crippen LogP contribution in [0.15, 0.2) is 0 Å². The second-order valence-electron chi connectivity index (χ2n) is 7.42. The van der Waals surface area contributed by atoms with Gasteiger partial charge in [-0.25, -0.2) is 4.79 Å². The summed E-state index contributed by atoms with van der Waals surface area (Å²) in [6.07, 6.45) is 4.44. The van der Waals surface area contributed by atoms with Gasteiger partial charge in [0.15, 0.2) is 0 Å². The maximum absolute atomic E-state index is 13.3. The lowest BCUT2D eigenvalue weighted by atomic mass is 9.45. The molecule has 2 atom stereocenters. The summed E-state index contributed by atoms with van der Waals surface area (Å²) in [5.41, 5.74) is -1.02. The van der Waals surface area contributed by atoms with Crippen LogP contribution in [0.1, 0.15) is 38.5 Å². The lowest BCUT2D eigenvalue weighted by Gasteiger charge is -2.59. The lowest BCUT2D eigenvalue weighted by molar-refractivity contribution is -0.174. The summed E-state index contributed by atoms with van der Waals surface area (Å²) in [4.78, 5) is 11.4. The number of rotatable bonds is 4. The molecule has 4 fully saturated rings. The smallest absolute Gasteiger partial charge is 0.460 e. The average Bonchev–Trinajstić information content (AvgIpc) is 2.42. The Labute approximate surface area is 132 Å². The topological polar surface area (TPSA) is 104 Å². The minimum absolute atomic E-state index is 0.316. The Morgan fingerprint density at radius 3 is 2.35 bits per heavy atom. The van der Waals surface area contributed by atoms with Crippen LogP contribution in [0.25, 0.3) is 0 Å². The first-order valence-electron chi connectivity index (χ1n) is 7.44. The van der Waals surface area contributed by atoms with E-state index in [0.717, 1.165) is 19.3 Å². The van der Waals surface area contributed by atoms with Crippen LogP contribution in [0.5, 0.6) is 0 Å². The number of carbonyl (C=O) groups excluding carboxylic acids is 1. The Morgan fingerprint density at radius 1 is 1.30 bits per heavy atom. The molecule has 6 nitrogen and oxygen atoms in total. The molecule has 0 saturated heterocycles. The van der Waals surface area contributed by atoms with Gasteiger partial charge in [-0.3, -0.25) is 4.55 Å². The van der Waals surface area contributed by atoms with Crippen LogP contribution < -0.4 is 0 Å². The van der Waals surface area contributed by atoms with E-state index in [1.807, 2.05) is 0 Å². The summed E-state index contributed by atoms with van der Waals surface area (Å²) in [6, 6.07) is 2.35. The fourth-order valence-corrected chi connectivity index (χ4v) is 5.43. The van der Waals surface area contributed by atoms with Crippen LogP contribution in [0, 0.1) is 34.0 Å². The zero-order valence-corrected chi connectivity index (χ0v) is 13.1. The van der Waals surface area contributed by atoms with E-state index in [0.29, 0.717) is 31.1 Å². The molecule has 0 aromatic rings. The van der Waals surface area contributed by atoms with E-state index < -0.39 is 32.2 Å². The van der Waals surface area contributed by atoms with Crippen molar-refractivity contribution in [2.75, 3.05) is 6.61 Å². The highest BCUT2D eigenvalue weighted by Gasteiger charge is 2.60. The molecular weight excluding hydrogens is 332 g/mol. The van der Waals surface area contributed by atoms with Crippen LogP contribution in [-0.4, -0.2) is 30.8 Å². The second kappa shape index (κ2) is 4.86. The van der Waals surface area contributed by atoms with E-state index in [1.165, 1.54) is 0 Å². The van der Waals surface area contributed by atoms with Crippen LogP contribution in [0.4, 0.5) is 8.78 Å². The number of ether oxygens (including phenoxy) is 1. The molecule has 128 valence electrons. The van der Waals surface area contributed by atoms with E-state index in [1.54, 1.807) is 0 Å². The average molecular weight is 349 g/mol. The van der Waals surface area contributed by atoms with Crippen LogP contribution in [-0.2, 0) is 19.6 Å². The molecule has 0 amide bonds. The number of hydrogen-bond donors (Lipinski definition) is 1. The Hall–Kier alpha value is -1.27. The van der Waals surface area contributed by atoms with Crippen molar-refractivity contribution < 1.29 is 31.3 Å². The normalized spacial score (nSPS) is 39.0. The molecule has 4 aliphatic carbocycles. The molecule has 1 N–H and O–H groups in total. The maximum atomic E-state index is 13.3. The van der Waals surface area contributed by atoms with Crippen molar-refractivity contribution in [2.24, 2.45) is 22.7 Å². The third kappa shape index (κ3) is 2.62. The van der Waals surface area contributed by atoms with Gasteiger partial charge in [0.25, 0.3) is 0 Å². The van der Waals surface area contributed by atoms with Crippen molar-refractivity contribution in [3.63, 3.8) is 0 Å². The number of nitriles is 1. The van der Waals surface area contributed by atoms with Gasteiger partial charge in [-0.1, -0.05) is 0 Å². The highest BCUT2D eigenvalue weighted by atomic mass is 32.2. The van der Waals surface area contributed by atoms with E-state index >= 15 is 0 Å². The Morgan fingerprint density at radius 2 is 1.87 bits per heavy atom. The third-order valence-corrected chi connectivity index (χ3v) is 6.31. The van der Waals surface area contributed by atoms with Gasteiger partial charge in [-0.15, -0.1) is 0 Å². The van der Waals surface area contributed by atoms with Gasteiger partial charge in [0.1, 0.15) is 0 Å². The van der Waals surface area contributed by atoms with E-state index in [4.69, 9.17) is 4.55 Å². The van der Waals surface area contributed by atoms with Crippen molar-refractivity contribution in [3.8, 4) is 6.07 Å². The molecule has 4 aliphatic rings. The van der Waals surface area contributed by atoms with Gasteiger partial charge in [-0.05, 0) is 50.4 Å². The SMILES string of the molecule is N#CC12CC3CC(C1)CC(COC(=O)C(F)(F)S(=O)(=O)O)(C3)C2. The first-order valence-corrected chi connectivity index (χ1v) is 8.88. The van der Waals surface area contributed by atoms with Crippen LogP contribution in [0.3, 0.4) is 0 Å². The maximum Gasteiger partial charge on any atom is 0.465 e. The molecule has 0 aromatic heterocycles. The van der Waals surface area contributed by atoms with Crippen molar-refractivity contribution in [3.05, 3.63) is 0 Å². The fourth-order valence-electron chi connectivity index (χ4n) is 5.16. The van der Waals surface area contributed by atoms with Crippen molar-refractivity contribution in [2.45, 2.75) is 43.8 Å². The van der Waals surface area contributed by atoms with Gasteiger partial charge in [0, 0.05) is 5.41 Å². The van der Waals surface area contributed by atoms with Gasteiger partial charge < -0.3 is 4.74 Å². The number of halogens is 2. The largest absolute Gasteiger partial charge is 0.465 e. The molecule has 0 aromatic carbocycles. The zero-order valence-electron chi connectivity index (χ0n) is 12.3. The molecule has 2 unspecified atom stereocenters. The molecule has 0 heterocycles. The summed E-state index contributed by atoms with van der Waals surface area (Å²) in [7, 11) is -5.86. The van der Waals surface area contributed by atoms with Crippen molar-refractivity contribution >= 4 is 16.1 Å². The van der Waals surface area contributed by atoms with E-state index in [-0.39, 0.29) is 6.61 Å². The Balaban J connectivity index is 1.74. The van der Waals surface area contributed by atoms with Crippen LogP contribution >= 0.6 is 0 Å². The molecule has 0 radical (unpaired) electrons. The predicted octanol–water partition coefficient (Wildman–Crippen LogP) is 2.12. The Bertz CT molecular complexity index is 670. The highest BCUT2D eigenvalue weighted by Crippen LogP contribution is 2.65. The minimum Gasteiger partial charge on any atom is -0.460 e. The summed E-state index contributed by atoms with van der Waals surface area (Å²) < 4.78 is 60.7. The number of carbonyl (C=O) groups is 1. The lowest BCUT2D eigenvalue weighted by Crippen LogP contribution is -2.53. The predicted molar refractivity (Wildman–Crippen MR) is 72.6 cm³/mol. The van der Waals surface area contributed by atoms with Gasteiger partial charge in [-0.2, -0.15) is 22.5 Å². The van der Waals surface area contributed by atoms with Gasteiger partial charge >= 0.3 is 21.3 Å². The first-order chi connectivity index (χ1) is 10.5. The minimum atomic E-state index is -5.86. The van der Waals surface area contributed by atoms with Gasteiger partial charge in [0.2, 0.25) is 0 Å². The fraction of sp³-hybridized carbons (Fsp3) is 0.857. The zero-order chi connectivity index (χ0) is 17.1. The number of alkyl halides is 2. The standard InChI is InChI=1S/C14H17F2NO5S/c15-14(16,23(19,20)21)11(18)22-8-13-4-9-1-10(5-13)3-12(2-9,6-13)7-17/h9-10H,1-6,8H2,(H,19,20,21).